The van der Waals surface area contributed by atoms with Crippen molar-refractivity contribution >= 4 is 39.6 Å². The number of aryl methyl sites for hydroxylation is 2. The van der Waals surface area contributed by atoms with Gasteiger partial charge in [0.05, 0.1) is 36.3 Å². The lowest BCUT2D eigenvalue weighted by Gasteiger charge is -2.16. The van der Waals surface area contributed by atoms with E-state index in [0.717, 1.165) is 27.8 Å². The van der Waals surface area contributed by atoms with Gasteiger partial charge in [-0.15, -0.1) is 0 Å². The Labute approximate surface area is 196 Å². The normalized spacial score (nSPS) is 12.4. The smallest absolute Gasteiger partial charge is 0.340 e. The van der Waals surface area contributed by atoms with Crippen LogP contribution in [0.1, 0.15) is 23.1 Å². The second-order valence-corrected chi connectivity index (χ2v) is 9.17. The minimum absolute atomic E-state index is 0.124. The average molecular weight is 466 g/mol. The molecule has 4 aromatic rings. The molecule has 7 heteroatoms. The van der Waals surface area contributed by atoms with Crippen LogP contribution in [0.4, 0.5) is 0 Å². The van der Waals surface area contributed by atoms with Crippen molar-refractivity contribution in [3.63, 3.8) is 0 Å². The van der Waals surface area contributed by atoms with Crippen LogP contribution in [-0.2, 0) is 11.2 Å². The number of hydrogen-bond acceptors (Lipinski definition) is 6. The molecule has 0 aliphatic heterocycles. The van der Waals surface area contributed by atoms with Crippen LogP contribution in [0.15, 0.2) is 56.3 Å². The van der Waals surface area contributed by atoms with Gasteiger partial charge >= 0.3 is 5.63 Å². The van der Waals surface area contributed by atoms with Gasteiger partial charge in [0.15, 0.2) is 0 Å². The summed E-state index contributed by atoms with van der Waals surface area (Å²) in [6.07, 6.45) is 4.23. The summed E-state index contributed by atoms with van der Waals surface area (Å²) in [5.74, 6) is 0.500. The Morgan fingerprint density at radius 1 is 1.18 bits per heavy atom. The van der Waals surface area contributed by atoms with Crippen molar-refractivity contribution in [2.75, 3.05) is 18.6 Å². The second-order valence-electron chi connectivity index (χ2n) is 8.18. The molecule has 4 rings (SSSR count). The molecule has 2 N–H and O–H groups in total. The van der Waals surface area contributed by atoms with Gasteiger partial charge in [-0.2, -0.15) is 11.8 Å². The highest BCUT2D eigenvalue weighted by atomic mass is 32.2. The van der Waals surface area contributed by atoms with E-state index in [0.29, 0.717) is 34.1 Å². The van der Waals surface area contributed by atoms with Crippen molar-refractivity contribution in [1.29, 1.82) is 0 Å². The number of aliphatic hydroxyl groups excluding tert-OH is 1. The van der Waals surface area contributed by atoms with Crippen molar-refractivity contribution in [3.05, 3.63) is 69.8 Å². The van der Waals surface area contributed by atoms with Gasteiger partial charge in [0, 0.05) is 10.9 Å². The summed E-state index contributed by atoms with van der Waals surface area (Å²) in [4.78, 5) is 25.4. The van der Waals surface area contributed by atoms with E-state index in [2.05, 4.69) is 5.32 Å². The van der Waals surface area contributed by atoms with E-state index >= 15 is 0 Å². The predicted molar refractivity (Wildman–Crippen MR) is 133 cm³/mol. The summed E-state index contributed by atoms with van der Waals surface area (Å²) < 4.78 is 11.6. The van der Waals surface area contributed by atoms with Gasteiger partial charge in [0.1, 0.15) is 11.2 Å². The fourth-order valence-corrected chi connectivity index (χ4v) is 4.75. The summed E-state index contributed by atoms with van der Waals surface area (Å²) in [7, 11) is 0. The number of hydrogen-bond donors (Lipinski definition) is 2. The topological polar surface area (TPSA) is 92.7 Å². The molecule has 172 valence electrons. The Morgan fingerprint density at radius 2 is 1.94 bits per heavy atom. The molecule has 2 aromatic heterocycles. The van der Waals surface area contributed by atoms with Crippen molar-refractivity contribution < 1.29 is 18.7 Å². The fraction of sp³-hybridized carbons (Fsp3) is 0.308. The third-order valence-corrected chi connectivity index (χ3v) is 6.61. The highest BCUT2D eigenvalue weighted by Gasteiger charge is 2.22. The minimum Gasteiger partial charge on any atom is -0.463 e. The van der Waals surface area contributed by atoms with E-state index < -0.39 is 5.63 Å². The molecule has 33 heavy (non-hydrogen) atoms. The zero-order valence-electron chi connectivity index (χ0n) is 18.9. The average Bonchev–Trinajstić information content (AvgIpc) is 3.25. The Morgan fingerprint density at radius 3 is 2.64 bits per heavy atom. The molecule has 0 fully saturated rings. The van der Waals surface area contributed by atoms with E-state index in [1.165, 1.54) is 0 Å². The summed E-state index contributed by atoms with van der Waals surface area (Å²) in [5.41, 5.74) is 4.45. The molecule has 2 aromatic carbocycles. The zero-order chi connectivity index (χ0) is 23.5. The first kappa shape index (κ1) is 23.1. The van der Waals surface area contributed by atoms with Gasteiger partial charge < -0.3 is 19.3 Å². The first-order valence-corrected chi connectivity index (χ1v) is 12.3. The van der Waals surface area contributed by atoms with Crippen LogP contribution in [0, 0.1) is 13.8 Å². The minimum atomic E-state index is -0.534. The van der Waals surface area contributed by atoms with E-state index in [9.17, 15) is 14.7 Å². The van der Waals surface area contributed by atoms with Crippen LogP contribution in [0.3, 0.4) is 0 Å². The van der Waals surface area contributed by atoms with Crippen LogP contribution in [0.5, 0.6) is 0 Å². The summed E-state index contributed by atoms with van der Waals surface area (Å²) in [5, 5.41) is 14.0. The van der Waals surface area contributed by atoms with E-state index in [-0.39, 0.29) is 25.0 Å². The third kappa shape index (κ3) is 4.56. The zero-order valence-corrected chi connectivity index (χ0v) is 19.8. The van der Waals surface area contributed by atoms with Crippen molar-refractivity contribution in [3.8, 4) is 11.1 Å². The number of rotatable bonds is 8. The monoisotopic (exact) mass is 465 g/mol. The maximum atomic E-state index is 12.8. The molecule has 1 atom stereocenters. The van der Waals surface area contributed by atoms with Crippen molar-refractivity contribution in [1.82, 2.24) is 5.32 Å². The van der Waals surface area contributed by atoms with Crippen LogP contribution < -0.4 is 10.9 Å². The number of aliphatic hydroxyl groups is 1. The maximum absolute atomic E-state index is 12.8. The molecule has 0 spiro atoms. The number of carbonyl (C=O) groups excluding carboxylic acids is 1. The molecule has 0 aliphatic rings. The Kier molecular flexibility index (Phi) is 6.91. The molecule has 0 saturated carbocycles. The van der Waals surface area contributed by atoms with E-state index in [1.807, 2.05) is 56.5 Å². The summed E-state index contributed by atoms with van der Waals surface area (Å²) in [6, 6.07) is 11.5. The van der Waals surface area contributed by atoms with Gasteiger partial charge in [0.2, 0.25) is 5.91 Å². The number of nitrogens with one attached hydrogen (secondary N) is 1. The standard InChI is InChI=1S/C26H27NO5S/c1-15-11-21-24(25-23(15)20(14-31-25)17-7-5-4-6-8-17)16(2)19(26(30)32-21)12-22(29)27-18(13-28)9-10-33-3/h4-8,11,14,18,28H,9-10,12-13H2,1-3H3,(H,27,29)/t18-/m0/s1. The number of furan rings is 1. The maximum Gasteiger partial charge on any atom is 0.340 e. The SMILES string of the molecule is CSCC[C@@H](CO)NC(=O)Cc1c(C)c2c(cc(C)c3c(-c4ccccc4)coc32)oc1=O. The van der Waals surface area contributed by atoms with E-state index in [4.69, 9.17) is 8.83 Å². The Balaban J connectivity index is 1.77. The largest absolute Gasteiger partial charge is 0.463 e. The van der Waals surface area contributed by atoms with Crippen LogP contribution in [-0.4, -0.2) is 35.7 Å². The predicted octanol–water partition coefficient (Wildman–Crippen LogP) is 4.60. The molecule has 0 bridgehead atoms. The highest BCUT2D eigenvalue weighted by Crippen LogP contribution is 2.38. The van der Waals surface area contributed by atoms with E-state index in [1.54, 1.807) is 18.0 Å². The van der Waals surface area contributed by atoms with Crippen LogP contribution in [0.2, 0.25) is 0 Å². The first-order valence-electron chi connectivity index (χ1n) is 10.9. The highest BCUT2D eigenvalue weighted by molar-refractivity contribution is 7.98. The molecular weight excluding hydrogens is 438 g/mol. The number of thioether (sulfide) groups is 1. The Bertz CT molecular complexity index is 1360. The second kappa shape index (κ2) is 9.85. The Hall–Kier alpha value is -3.03. The third-order valence-electron chi connectivity index (χ3n) is 5.96. The number of carbonyl (C=O) groups is 1. The molecule has 2 heterocycles. The number of fused-ring (bicyclic) bond motifs is 3. The quantitative estimate of drug-likeness (QED) is 0.370. The lowest BCUT2D eigenvalue weighted by Crippen LogP contribution is -2.39. The van der Waals surface area contributed by atoms with Crippen LogP contribution >= 0.6 is 11.8 Å². The van der Waals surface area contributed by atoms with Crippen LogP contribution in [0.25, 0.3) is 33.1 Å². The van der Waals surface area contributed by atoms with Gasteiger partial charge in [-0.05, 0) is 55.0 Å². The lowest BCUT2D eigenvalue weighted by atomic mass is 9.96. The summed E-state index contributed by atoms with van der Waals surface area (Å²) in [6.45, 7) is 3.63. The first-order chi connectivity index (χ1) is 15.9. The molecule has 0 saturated heterocycles. The number of benzene rings is 2. The van der Waals surface area contributed by atoms with Gasteiger partial charge in [-0.25, -0.2) is 4.79 Å². The number of amides is 1. The molecular formula is C26H27NO5S. The van der Waals surface area contributed by atoms with Gasteiger partial charge in [-0.3, -0.25) is 4.79 Å². The van der Waals surface area contributed by atoms with Crippen molar-refractivity contribution in [2.24, 2.45) is 0 Å². The van der Waals surface area contributed by atoms with Gasteiger partial charge in [-0.1, -0.05) is 30.3 Å². The summed E-state index contributed by atoms with van der Waals surface area (Å²) >= 11 is 1.65. The lowest BCUT2D eigenvalue weighted by molar-refractivity contribution is -0.121. The van der Waals surface area contributed by atoms with Crippen molar-refractivity contribution in [2.45, 2.75) is 32.7 Å². The molecule has 0 aliphatic carbocycles. The molecule has 0 unspecified atom stereocenters. The molecule has 0 radical (unpaired) electrons. The molecule has 1 amide bonds. The fourth-order valence-electron chi connectivity index (χ4n) is 4.23. The molecule has 6 nitrogen and oxygen atoms in total. The van der Waals surface area contributed by atoms with Gasteiger partial charge in [0.25, 0.3) is 0 Å².